The summed E-state index contributed by atoms with van der Waals surface area (Å²) in [5, 5.41) is 10.3. The maximum Gasteiger partial charge on any atom is 0.164 e. The second-order valence-electron chi connectivity index (χ2n) is 7.14. The monoisotopic (exact) mass is 371 g/mol. The Morgan fingerprint density at radius 3 is 2.43 bits per heavy atom. The molecule has 0 unspecified atom stereocenters. The van der Waals surface area contributed by atoms with Crippen molar-refractivity contribution in [3.63, 3.8) is 0 Å². The van der Waals surface area contributed by atoms with Crippen LogP contribution in [0.1, 0.15) is 6.42 Å². The summed E-state index contributed by atoms with van der Waals surface area (Å²) >= 11 is 0. The highest BCUT2D eigenvalue weighted by atomic mass is 15.1. The number of nitrogens with zero attached hydrogens (tertiary/aromatic N) is 3. The normalized spacial score (nSPS) is 11.2. The summed E-state index contributed by atoms with van der Waals surface area (Å²) in [5.41, 5.74) is 2.80. The minimum Gasteiger partial charge on any atom is -0.369 e. The van der Waals surface area contributed by atoms with Gasteiger partial charge in [-0.25, -0.2) is 9.97 Å². The van der Waals surface area contributed by atoms with E-state index in [9.17, 15) is 0 Å². The maximum absolute atomic E-state index is 4.85. The number of benzene rings is 2. The number of hydrogen-bond donors (Lipinski definition) is 2. The number of para-hydroxylation sites is 1. The molecule has 2 heterocycles. The average Bonchev–Trinajstić information content (AvgIpc) is 2.72. The standard InChI is InChI=1S/C23H25N5/c1-28(2)16-8-14-24-22-19-12-7-6-11-18(19)21-20(13-15-25-23(21)27-22)26-17-9-4-3-5-10-17/h3-7,9-13,15H,8,14,16H2,1-2H3,(H2,24,25,26,27). The first-order valence-corrected chi connectivity index (χ1v) is 9.60. The quantitative estimate of drug-likeness (QED) is 0.358. The van der Waals surface area contributed by atoms with Gasteiger partial charge in [0.25, 0.3) is 0 Å². The van der Waals surface area contributed by atoms with Gasteiger partial charge < -0.3 is 15.5 Å². The number of rotatable bonds is 7. The molecular formula is C23H25N5. The topological polar surface area (TPSA) is 53.1 Å². The van der Waals surface area contributed by atoms with Gasteiger partial charge in [0, 0.05) is 23.8 Å². The van der Waals surface area contributed by atoms with Gasteiger partial charge in [-0.15, -0.1) is 0 Å². The van der Waals surface area contributed by atoms with Crippen molar-refractivity contribution in [3.05, 3.63) is 66.9 Å². The van der Waals surface area contributed by atoms with E-state index in [0.29, 0.717) is 0 Å². The van der Waals surface area contributed by atoms with E-state index in [4.69, 9.17) is 4.98 Å². The summed E-state index contributed by atoms with van der Waals surface area (Å²) in [4.78, 5) is 11.6. The summed E-state index contributed by atoms with van der Waals surface area (Å²) in [7, 11) is 4.18. The third-order valence-electron chi connectivity index (χ3n) is 4.73. The molecule has 0 aliphatic heterocycles. The zero-order valence-electron chi connectivity index (χ0n) is 16.3. The zero-order valence-corrected chi connectivity index (χ0v) is 16.3. The average molecular weight is 371 g/mol. The third kappa shape index (κ3) is 3.89. The molecule has 4 rings (SSSR count). The second kappa shape index (κ2) is 8.23. The third-order valence-corrected chi connectivity index (χ3v) is 4.73. The largest absolute Gasteiger partial charge is 0.369 e. The van der Waals surface area contributed by atoms with E-state index in [-0.39, 0.29) is 0 Å². The number of hydrogen-bond acceptors (Lipinski definition) is 5. The first-order chi connectivity index (χ1) is 13.7. The zero-order chi connectivity index (χ0) is 19.3. The first kappa shape index (κ1) is 18.2. The second-order valence-corrected chi connectivity index (χ2v) is 7.14. The Bertz CT molecular complexity index is 1080. The van der Waals surface area contributed by atoms with Crippen molar-refractivity contribution >= 4 is 39.0 Å². The van der Waals surface area contributed by atoms with E-state index >= 15 is 0 Å². The smallest absolute Gasteiger partial charge is 0.164 e. The van der Waals surface area contributed by atoms with Gasteiger partial charge in [0.15, 0.2) is 5.65 Å². The van der Waals surface area contributed by atoms with Gasteiger partial charge in [-0.05, 0) is 50.6 Å². The van der Waals surface area contributed by atoms with E-state index < -0.39 is 0 Å². The molecule has 0 atom stereocenters. The highest BCUT2D eigenvalue weighted by Crippen LogP contribution is 2.34. The summed E-state index contributed by atoms with van der Waals surface area (Å²) in [6.07, 6.45) is 2.87. The van der Waals surface area contributed by atoms with Crippen LogP contribution < -0.4 is 10.6 Å². The van der Waals surface area contributed by atoms with Gasteiger partial charge in [0.1, 0.15) is 5.82 Å². The number of nitrogens with one attached hydrogen (secondary N) is 2. The van der Waals surface area contributed by atoms with Crippen molar-refractivity contribution in [2.75, 3.05) is 37.8 Å². The highest BCUT2D eigenvalue weighted by Gasteiger charge is 2.12. The number of fused-ring (bicyclic) bond motifs is 3. The molecule has 0 aliphatic carbocycles. The Morgan fingerprint density at radius 2 is 1.64 bits per heavy atom. The molecule has 0 fully saturated rings. The predicted molar refractivity (Wildman–Crippen MR) is 118 cm³/mol. The van der Waals surface area contributed by atoms with Crippen LogP contribution in [0.2, 0.25) is 0 Å². The van der Waals surface area contributed by atoms with Crippen LogP contribution in [-0.2, 0) is 0 Å². The molecule has 0 aliphatic rings. The lowest BCUT2D eigenvalue weighted by molar-refractivity contribution is 0.405. The predicted octanol–water partition coefficient (Wildman–Crippen LogP) is 4.89. The molecule has 0 saturated heterocycles. The maximum atomic E-state index is 4.85. The van der Waals surface area contributed by atoms with Crippen LogP contribution in [0, 0.1) is 0 Å². The van der Waals surface area contributed by atoms with Gasteiger partial charge in [-0.1, -0.05) is 42.5 Å². The van der Waals surface area contributed by atoms with E-state index in [1.165, 1.54) is 0 Å². The summed E-state index contributed by atoms with van der Waals surface area (Å²) < 4.78 is 0. The summed E-state index contributed by atoms with van der Waals surface area (Å²) in [6, 6.07) is 20.6. The fraction of sp³-hybridized carbons (Fsp3) is 0.217. The van der Waals surface area contributed by atoms with Crippen molar-refractivity contribution < 1.29 is 0 Å². The van der Waals surface area contributed by atoms with E-state index in [1.807, 2.05) is 30.5 Å². The van der Waals surface area contributed by atoms with Crippen LogP contribution in [-0.4, -0.2) is 42.1 Å². The van der Waals surface area contributed by atoms with Crippen LogP contribution in [0.5, 0.6) is 0 Å². The molecule has 5 heteroatoms. The van der Waals surface area contributed by atoms with E-state index in [0.717, 1.165) is 58.5 Å². The molecule has 28 heavy (non-hydrogen) atoms. The number of aromatic nitrogens is 2. The Morgan fingerprint density at radius 1 is 0.893 bits per heavy atom. The van der Waals surface area contributed by atoms with E-state index in [1.54, 1.807) is 0 Å². The molecule has 0 spiro atoms. The molecule has 0 radical (unpaired) electrons. The molecule has 0 amide bonds. The molecule has 142 valence electrons. The Balaban J connectivity index is 1.75. The molecule has 2 aromatic carbocycles. The summed E-state index contributed by atoms with van der Waals surface area (Å²) in [6.45, 7) is 1.92. The van der Waals surface area contributed by atoms with Crippen LogP contribution in [0.15, 0.2) is 66.9 Å². The molecule has 2 N–H and O–H groups in total. The highest BCUT2D eigenvalue weighted by molar-refractivity contribution is 6.14. The van der Waals surface area contributed by atoms with Gasteiger partial charge in [-0.3, -0.25) is 0 Å². The summed E-state index contributed by atoms with van der Waals surface area (Å²) in [5.74, 6) is 0.895. The van der Waals surface area contributed by atoms with Crippen molar-refractivity contribution in [1.82, 2.24) is 14.9 Å². The Kier molecular flexibility index (Phi) is 5.35. The first-order valence-electron chi connectivity index (χ1n) is 9.60. The molecule has 2 aromatic heterocycles. The fourth-order valence-electron chi connectivity index (χ4n) is 3.39. The van der Waals surface area contributed by atoms with Crippen molar-refractivity contribution in [1.29, 1.82) is 0 Å². The van der Waals surface area contributed by atoms with Gasteiger partial charge in [0.2, 0.25) is 0 Å². The minimum absolute atomic E-state index is 0.745. The lowest BCUT2D eigenvalue weighted by Gasteiger charge is -2.15. The van der Waals surface area contributed by atoms with Gasteiger partial charge in [0.05, 0.1) is 11.1 Å². The lowest BCUT2D eigenvalue weighted by atomic mass is 10.1. The number of pyridine rings is 2. The van der Waals surface area contributed by atoms with Crippen LogP contribution in [0.3, 0.4) is 0 Å². The van der Waals surface area contributed by atoms with Crippen molar-refractivity contribution in [3.8, 4) is 0 Å². The van der Waals surface area contributed by atoms with Crippen LogP contribution in [0.25, 0.3) is 21.8 Å². The van der Waals surface area contributed by atoms with Gasteiger partial charge >= 0.3 is 0 Å². The van der Waals surface area contributed by atoms with Crippen molar-refractivity contribution in [2.24, 2.45) is 0 Å². The number of anilines is 3. The van der Waals surface area contributed by atoms with Crippen LogP contribution >= 0.6 is 0 Å². The molecule has 0 bridgehead atoms. The molecule has 4 aromatic rings. The minimum atomic E-state index is 0.745. The lowest BCUT2D eigenvalue weighted by Crippen LogP contribution is -2.16. The Hall–Kier alpha value is -3.18. The molecule has 5 nitrogen and oxygen atoms in total. The van der Waals surface area contributed by atoms with E-state index in [2.05, 4.69) is 71.0 Å². The van der Waals surface area contributed by atoms with Crippen LogP contribution in [0.4, 0.5) is 17.2 Å². The molecular weight excluding hydrogens is 346 g/mol. The SMILES string of the molecule is CN(C)CCCNc1nc2nccc(Nc3ccccc3)c2c2ccccc12. The molecule has 0 saturated carbocycles. The van der Waals surface area contributed by atoms with Gasteiger partial charge in [-0.2, -0.15) is 0 Å². The fourth-order valence-corrected chi connectivity index (χ4v) is 3.39. The Labute approximate surface area is 165 Å². The van der Waals surface area contributed by atoms with Crippen molar-refractivity contribution in [2.45, 2.75) is 6.42 Å².